The summed E-state index contributed by atoms with van der Waals surface area (Å²) in [6, 6.07) is 10.4. The van der Waals surface area contributed by atoms with Crippen LogP contribution < -0.4 is 18.7 Å². The van der Waals surface area contributed by atoms with Crippen LogP contribution in [0.2, 0.25) is 0 Å². The molecule has 3 aromatic rings. The van der Waals surface area contributed by atoms with Crippen LogP contribution in [0.25, 0.3) is 0 Å². The number of likely N-dealkylation sites (tertiary alicyclic amines) is 1. The van der Waals surface area contributed by atoms with E-state index in [2.05, 4.69) is 14.3 Å². The molecule has 0 bridgehead atoms. The Hall–Kier alpha value is -3.58. The van der Waals surface area contributed by atoms with Crippen molar-refractivity contribution < 1.29 is 27.4 Å². The summed E-state index contributed by atoms with van der Waals surface area (Å²) in [5.74, 6) is 1.10. The number of hydrogen-bond donors (Lipinski definition) is 0. The van der Waals surface area contributed by atoms with Gasteiger partial charge in [0, 0.05) is 55.0 Å². The van der Waals surface area contributed by atoms with Crippen LogP contribution in [-0.2, 0) is 21.3 Å². The highest BCUT2D eigenvalue weighted by atomic mass is 32.2. The molecule has 41 heavy (non-hydrogen) atoms. The van der Waals surface area contributed by atoms with Crippen molar-refractivity contribution in [1.29, 1.82) is 0 Å². The molecule has 4 rings (SSSR count). The number of nitrogens with zero attached hydrogens (tertiary/aromatic N) is 5. The summed E-state index contributed by atoms with van der Waals surface area (Å²) in [7, 11) is 1.02. The Morgan fingerprint density at radius 3 is 2.51 bits per heavy atom. The Morgan fingerprint density at radius 1 is 1.15 bits per heavy atom. The molecule has 1 saturated heterocycles. The number of likely N-dealkylation sites (N-methyl/N-ethyl adjacent to an activating group) is 1. The molecule has 0 radical (unpaired) electrons. The summed E-state index contributed by atoms with van der Waals surface area (Å²) >= 11 is 0.997. The zero-order chi connectivity index (χ0) is 29.9. The minimum atomic E-state index is -4.02. The Kier molecular flexibility index (Phi) is 8.97. The van der Waals surface area contributed by atoms with Gasteiger partial charge in [-0.2, -0.15) is 4.37 Å². The molecule has 13 heteroatoms. The molecule has 1 aliphatic heterocycles. The second kappa shape index (κ2) is 12.1. The number of hydrogen-bond acceptors (Lipinski definition) is 10. The summed E-state index contributed by atoms with van der Waals surface area (Å²) in [5, 5.41) is 0.245. The molecule has 1 aromatic heterocycles. The molecule has 0 aliphatic carbocycles. The number of benzene rings is 2. The molecule has 2 aromatic carbocycles. The van der Waals surface area contributed by atoms with Crippen LogP contribution in [0.5, 0.6) is 11.5 Å². The molecule has 1 aliphatic rings. The van der Waals surface area contributed by atoms with E-state index in [1.54, 1.807) is 42.3 Å². The van der Waals surface area contributed by atoms with Gasteiger partial charge in [-0.3, -0.25) is 0 Å². The minimum absolute atomic E-state index is 0.00598. The normalized spacial score (nSPS) is 15.5. The topological polar surface area (TPSA) is 114 Å². The summed E-state index contributed by atoms with van der Waals surface area (Å²) in [5.41, 5.74) is 1.78. The van der Waals surface area contributed by atoms with Crippen molar-refractivity contribution in [2.75, 3.05) is 43.6 Å². The number of rotatable bonds is 9. The number of carbonyl (C=O) groups excluding carboxylic acids is 1. The van der Waals surface area contributed by atoms with Gasteiger partial charge in [0.1, 0.15) is 23.4 Å². The fourth-order valence-electron chi connectivity index (χ4n) is 4.73. The molecule has 0 spiro atoms. The number of aromatic nitrogens is 2. The monoisotopic (exact) mass is 603 g/mol. The lowest BCUT2D eigenvalue weighted by Crippen LogP contribution is -2.39. The van der Waals surface area contributed by atoms with Crippen LogP contribution in [0.15, 0.2) is 47.6 Å². The number of ether oxygens (including phenoxy) is 3. The SMILES string of the molecule is COc1ccc(CN(c2ncns2)S(=O)(=O)c2ccc(N(C)[C@H]3CCN(C(=O)OC(C)(C)C)C3)c(C)c2)c(OC)c1. The van der Waals surface area contributed by atoms with Gasteiger partial charge in [0.2, 0.25) is 5.13 Å². The van der Waals surface area contributed by atoms with E-state index in [4.69, 9.17) is 14.2 Å². The second-order valence-electron chi connectivity index (χ2n) is 10.8. The maximum absolute atomic E-state index is 14.0. The Labute approximate surface area is 245 Å². The lowest BCUT2D eigenvalue weighted by atomic mass is 10.1. The van der Waals surface area contributed by atoms with Gasteiger partial charge in [0.25, 0.3) is 10.0 Å². The van der Waals surface area contributed by atoms with Gasteiger partial charge in [-0.25, -0.2) is 22.5 Å². The molecule has 11 nitrogen and oxygen atoms in total. The van der Waals surface area contributed by atoms with Crippen LogP contribution in [0, 0.1) is 6.92 Å². The van der Waals surface area contributed by atoms with Crippen molar-refractivity contribution in [2.24, 2.45) is 0 Å². The van der Waals surface area contributed by atoms with Crippen LogP contribution in [-0.4, -0.2) is 74.8 Å². The maximum Gasteiger partial charge on any atom is 0.410 e. The molecule has 0 saturated carbocycles. The predicted octanol–water partition coefficient (Wildman–Crippen LogP) is 4.70. The first kappa shape index (κ1) is 30.4. The first-order valence-corrected chi connectivity index (χ1v) is 15.4. The van der Waals surface area contributed by atoms with Crippen molar-refractivity contribution in [3.8, 4) is 11.5 Å². The van der Waals surface area contributed by atoms with Crippen molar-refractivity contribution >= 4 is 38.5 Å². The number of aryl methyl sites for hydroxylation is 1. The highest BCUT2D eigenvalue weighted by molar-refractivity contribution is 7.93. The highest BCUT2D eigenvalue weighted by Gasteiger charge is 2.33. The average molecular weight is 604 g/mol. The van der Waals surface area contributed by atoms with Crippen LogP contribution in [0.3, 0.4) is 0 Å². The molecule has 222 valence electrons. The fourth-order valence-corrected chi connectivity index (χ4v) is 6.94. The van der Waals surface area contributed by atoms with Gasteiger partial charge in [0.05, 0.1) is 25.7 Å². The van der Waals surface area contributed by atoms with Crippen molar-refractivity contribution in [3.05, 3.63) is 53.9 Å². The van der Waals surface area contributed by atoms with Gasteiger partial charge in [-0.05, 0) is 70.0 Å². The van der Waals surface area contributed by atoms with E-state index in [9.17, 15) is 13.2 Å². The molecule has 2 heterocycles. The predicted molar refractivity (Wildman–Crippen MR) is 159 cm³/mol. The third kappa shape index (κ3) is 6.84. The molecule has 1 atom stereocenters. The molecular weight excluding hydrogens is 566 g/mol. The summed E-state index contributed by atoms with van der Waals surface area (Å²) in [6.07, 6.45) is 1.79. The lowest BCUT2D eigenvalue weighted by molar-refractivity contribution is 0.0292. The fraction of sp³-hybridized carbons (Fsp3) is 0.464. The maximum atomic E-state index is 14.0. The van der Waals surface area contributed by atoms with Crippen molar-refractivity contribution in [3.63, 3.8) is 0 Å². The molecular formula is C28H37N5O6S2. The molecule has 1 amide bonds. The van der Waals surface area contributed by atoms with E-state index in [0.29, 0.717) is 30.2 Å². The third-order valence-corrected chi connectivity index (χ3v) is 9.41. The first-order chi connectivity index (χ1) is 19.3. The Morgan fingerprint density at radius 2 is 1.90 bits per heavy atom. The lowest BCUT2D eigenvalue weighted by Gasteiger charge is -2.29. The molecule has 0 unspecified atom stereocenters. The van der Waals surface area contributed by atoms with E-state index in [1.165, 1.54) is 17.7 Å². The average Bonchev–Trinajstić information content (AvgIpc) is 3.63. The Balaban J connectivity index is 1.58. The van der Waals surface area contributed by atoms with Crippen molar-refractivity contribution in [1.82, 2.24) is 14.3 Å². The molecule has 0 N–H and O–H groups in total. The number of amides is 1. The van der Waals surface area contributed by atoms with E-state index < -0.39 is 15.6 Å². The second-order valence-corrected chi connectivity index (χ2v) is 13.5. The van der Waals surface area contributed by atoms with Gasteiger partial charge < -0.3 is 24.0 Å². The van der Waals surface area contributed by atoms with E-state index >= 15 is 0 Å². The summed E-state index contributed by atoms with van der Waals surface area (Å²) in [4.78, 5) is 20.7. The number of anilines is 2. The zero-order valence-corrected chi connectivity index (χ0v) is 26.1. The first-order valence-electron chi connectivity index (χ1n) is 13.2. The summed E-state index contributed by atoms with van der Waals surface area (Å²) < 4.78 is 49.6. The number of sulfonamides is 1. The third-order valence-electron chi connectivity index (χ3n) is 6.87. The number of carbonyl (C=O) groups is 1. The largest absolute Gasteiger partial charge is 0.497 e. The highest BCUT2D eigenvalue weighted by Crippen LogP contribution is 2.33. The van der Waals surface area contributed by atoms with E-state index in [1.807, 2.05) is 40.8 Å². The number of methoxy groups -OCH3 is 2. The Bertz CT molecular complexity index is 1470. The van der Waals surface area contributed by atoms with Gasteiger partial charge >= 0.3 is 6.09 Å². The summed E-state index contributed by atoms with van der Waals surface area (Å²) in [6.45, 7) is 8.55. The minimum Gasteiger partial charge on any atom is -0.497 e. The van der Waals surface area contributed by atoms with Crippen LogP contribution in [0.4, 0.5) is 15.6 Å². The van der Waals surface area contributed by atoms with Gasteiger partial charge in [0.15, 0.2) is 0 Å². The smallest absolute Gasteiger partial charge is 0.410 e. The van der Waals surface area contributed by atoms with Crippen LogP contribution in [0.1, 0.15) is 38.3 Å². The van der Waals surface area contributed by atoms with Gasteiger partial charge in [-0.15, -0.1) is 0 Å². The van der Waals surface area contributed by atoms with Crippen LogP contribution >= 0.6 is 11.5 Å². The molecule has 1 fully saturated rings. The van der Waals surface area contributed by atoms with E-state index in [-0.39, 0.29) is 28.7 Å². The van der Waals surface area contributed by atoms with Gasteiger partial charge in [-0.1, -0.05) is 0 Å². The quantitative estimate of drug-likeness (QED) is 0.343. The van der Waals surface area contributed by atoms with Crippen molar-refractivity contribution in [2.45, 2.75) is 57.2 Å². The van der Waals surface area contributed by atoms with E-state index in [0.717, 1.165) is 29.2 Å². The zero-order valence-electron chi connectivity index (χ0n) is 24.4. The standard InChI is InChI=1S/C28H37N5O6S2/c1-19-14-23(10-11-24(19)31(5)21-12-13-32(17-21)27(34)39-28(2,3)4)41(35,36)33(26-29-18-30-40-26)16-20-8-9-22(37-6)15-25(20)38-7/h8-11,14-15,18,21H,12-13,16-17H2,1-7H3/t21-/m0/s1.